The van der Waals surface area contributed by atoms with Crippen molar-refractivity contribution >= 4 is 17.9 Å². The molecule has 1 atom stereocenters. The summed E-state index contributed by atoms with van der Waals surface area (Å²) in [5, 5.41) is 0. The molecule has 0 bridgehead atoms. The highest BCUT2D eigenvalue weighted by Crippen LogP contribution is 2.07. The van der Waals surface area contributed by atoms with Gasteiger partial charge in [-0.25, -0.2) is 0 Å². The Bertz CT molecular complexity index is 419. The third-order valence-corrected chi connectivity index (χ3v) is 3.93. The largest absolute Gasteiger partial charge is 0.466 e. The van der Waals surface area contributed by atoms with Crippen LogP contribution in [0.15, 0.2) is 12.7 Å². The first-order valence-corrected chi connectivity index (χ1v) is 9.60. The lowest BCUT2D eigenvalue weighted by atomic mass is 10.1. The van der Waals surface area contributed by atoms with Crippen LogP contribution >= 0.6 is 0 Å². The van der Waals surface area contributed by atoms with Crippen LogP contribution < -0.4 is 0 Å². The number of ether oxygens (including phenoxy) is 3. The maximum absolute atomic E-state index is 11.6. The average molecular weight is 370 g/mol. The van der Waals surface area contributed by atoms with Crippen LogP contribution in [0.3, 0.4) is 0 Å². The van der Waals surface area contributed by atoms with Crippen molar-refractivity contribution in [2.45, 2.75) is 71.6 Å². The molecule has 26 heavy (non-hydrogen) atoms. The Morgan fingerprint density at radius 1 is 0.846 bits per heavy atom. The van der Waals surface area contributed by atoms with E-state index in [2.05, 4.69) is 6.58 Å². The van der Waals surface area contributed by atoms with Gasteiger partial charge in [-0.3, -0.25) is 14.4 Å². The number of esters is 3. The average Bonchev–Trinajstić information content (AvgIpc) is 2.64. The van der Waals surface area contributed by atoms with E-state index < -0.39 is 0 Å². The first-order chi connectivity index (χ1) is 12.5. The molecule has 0 fully saturated rings. The van der Waals surface area contributed by atoms with Crippen LogP contribution in [0.1, 0.15) is 71.6 Å². The summed E-state index contributed by atoms with van der Waals surface area (Å²) in [6.07, 6.45) is 7.69. The standard InChI is InChI=1S/C20H34O6/c1-4-14-24-18(21)12-8-6-10-15-25-19(22)13-9-7-11-16-26-20(23)17(3)5-2/h4,17H,1,5-16H2,2-3H3. The second-order valence-corrected chi connectivity index (χ2v) is 6.29. The highest BCUT2D eigenvalue weighted by molar-refractivity contribution is 5.71. The van der Waals surface area contributed by atoms with Gasteiger partial charge in [0.05, 0.1) is 19.1 Å². The van der Waals surface area contributed by atoms with Crippen LogP contribution in [0.5, 0.6) is 0 Å². The zero-order valence-electron chi connectivity index (χ0n) is 16.3. The smallest absolute Gasteiger partial charge is 0.308 e. The van der Waals surface area contributed by atoms with E-state index in [1.165, 1.54) is 6.08 Å². The van der Waals surface area contributed by atoms with Crippen LogP contribution in [0.4, 0.5) is 0 Å². The quantitative estimate of drug-likeness (QED) is 0.177. The molecule has 0 saturated heterocycles. The third-order valence-electron chi connectivity index (χ3n) is 3.93. The fraction of sp³-hybridized carbons (Fsp3) is 0.750. The zero-order valence-corrected chi connectivity index (χ0v) is 16.3. The Labute approximate surface area is 157 Å². The second kappa shape index (κ2) is 16.6. The molecule has 6 nitrogen and oxygen atoms in total. The lowest BCUT2D eigenvalue weighted by molar-refractivity contribution is -0.148. The monoisotopic (exact) mass is 370 g/mol. The van der Waals surface area contributed by atoms with E-state index in [1.54, 1.807) is 0 Å². The number of unbranched alkanes of at least 4 members (excludes halogenated alkanes) is 4. The van der Waals surface area contributed by atoms with E-state index in [0.717, 1.165) is 44.9 Å². The topological polar surface area (TPSA) is 78.9 Å². The molecule has 0 rings (SSSR count). The van der Waals surface area contributed by atoms with Gasteiger partial charge in [0.1, 0.15) is 6.61 Å². The minimum atomic E-state index is -0.225. The molecule has 6 heteroatoms. The van der Waals surface area contributed by atoms with Crippen molar-refractivity contribution in [2.24, 2.45) is 5.92 Å². The number of carbonyl (C=O) groups excluding carboxylic acids is 3. The Balaban J connectivity index is 3.41. The fourth-order valence-corrected chi connectivity index (χ4v) is 2.06. The molecule has 0 aromatic heterocycles. The summed E-state index contributed by atoms with van der Waals surface area (Å²) < 4.78 is 15.2. The molecule has 0 aliphatic carbocycles. The van der Waals surface area contributed by atoms with Crippen LogP contribution in [0.25, 0.3) is 0 Å². The zero-order chi connectivity index (χ0) is 19.6. The van der Waals surface area contributed by atoms with Crippen molar-refractivity contribution in [3.8, 4) is 0 Å². The number of hydrogen-bond donors (Lipinski definition) is 0. The highest BCUT2D eigenvalue weighted by atomic mass is 16.5. The van der Waals surface area contributed by atoms with Crippen molar-refractivity contribution in [1.29, 1.82) is 0 Å². The van der Waals surface area contributed by atoms with Crippen molar-refractivity contribution in [3.05, 3.63) is 12.7 Å². The molecule has 150 valence electrons. The van der Waals surface area contributed by atoms with E-state index in [1.807, 2.05) is 13.8 Å². The lowest BCUT2D eigenvalue weighted by Crippen LogP contribution is -2.14. The van der Waals surface area contributed by atoms with Crippen LogP contribution in [0.2, 0.25) is 0 Å². The van der Waals surface area contributed by atoms with Gasteiger partial charge in [-0.05, 0) is 44.9 Å². The Morgan fingerprint density at radius 2 is 1.38 bits per heavy atom. The molecule has 0 N–H and O–H groups in total. The van der Waals surface area contributed by atoms with Gasteiger partial charge in [-0.15, -0.1) is 0 Å². The number of rotatable bonds is 16. The van der Waals surface area contributed by atoms with Crippen LogP contribution in [0, 0.1) is 5.92 Å². The van der Waals surface area contributed by atoms with E-state index in [4.69, 9.17) is 14.2 Å². The predicted molar refractivity (Wildman–Crippen MR) is 99.5 cm³/mol. The molecule has 0 amide bonds. The molecule has 0 aromatic carbocycles. The highest BCUT2D eigenvalue weighted by Gasteiger charge is 2.11. The number of hydrogen-bond acceptors (Lipinski definition) is 6. The van der Waals surface area contributed by atoms with E-state index in [0.29, 0.717) is 26.1 Å². The van der Waals surface area contributed by atoms with Gasteiger partial charge in [0.2, 0.25) is 0 Å². The summed E-state index contributed by atoms with van der Waals surface area (Å²) >= 11 is 0. The summed E-state index contributed by atoms with van der Waals surface area (Å²) in [4.78, 5) is 34.3. The van der Waals surface area contributed by atoms with Gasteiger partial charge in [-0.2, -0.15) is 0 Å². The second-order valence-electron chi connectivity index (χ2n) is 6.29. The molecular formula is C20H34O6. The van der Waals surface area contributed by atoms with Gasteiger partial charge in [0, 0.05) is 12.8 Å². The van der Waals surface area contributed by atoms with Gasteiger partial charge >= 0.3 is 17.9 Å². The number of carbonyl (C=O) groups is 3. The van der Waals surface area contributed by atoms with E-state index in [-0.39, 0.29) is 30.4 Å². The summed E-state index contributed by atoms with van der Waals surface area (Å²) in [5.74, 6) is -0.632. The third kappa shape index (κ3) is 14.5. The van der Waals surface area contributed by atoms with E-state index >= 15 is 0 Å². The van der Waals surface area contributed by atoms with Gasteiger partial charge in [0.15, 0.2) is 0 Å². The fourth-order valence-electron chi connectivity index (χ4n) is 2.06. The molecule has 0 aliphatic heterocycles. The first-order valence-electron chi connectivity index (χ1n) is 9.60. The van der Waals surface area contributed by atoms with Gasteiger partial charge < -0.3 is 14.2 Å². The summed E-state index contributed by atoms with van der Waals surface area (Å²) in [6, 6.07) is 0. The van der Waals surface area contributed by atoms with E-state index in [9.17, 15) is 14.4 Å². The Hall–Kier alpha value is -1.85. The maximum atomic E-state index is 11.6. The summed E-state index contributed by atoms with van der Waals surface area (Å²) in [5.41, 5.74) is 0. The molecule has 1 unspecified atom stereocenters. The van der Waals surface area contributed by atoms with Crippen molar-refractivity contribution in [1.82, 2.24) is 0 Å². The normalized spacial score (nSPS) is 11.5. The molecule has 0 radical (unpaired) electrons. The van der Waals surface area contributed by atoms with Gasteiger partial charge in [-0.1, -0.05) is 26.5 Å². The molecule has 0 heterocycles. The lowest BCUT2D eigenvalue weighted by Gasteiger charge is -2.09. The van der Waals surface area contributed by atoms with Crippen LogP contribution in [-0.2, 0) is 28.6 Å². The summed E-state index contributed by atoms with van der Waals surface area (Å²) in [7, 11) is 0. The SMILES string of the molecule is C=CCOC(=O)CCCCCOC(=O)CCCCCOC(=O)C(C)CC. The van der Waals surface area contributed by atoms with Crippen molar-refractivity contribution in [3.63, 3.8) is 0 Å². The first kappa shape index (κ1) is 24.1. The minimum absolute atomic E-state index is 0.0530. The molecular weight excluding hydrogens is 336 g/mol. The van der Waals surface area contributed by atoms with Gasteiger partial charge in [0.25, 0.3) is 0 Å². The molecule has 0 aromatic rings. The van der Waals surface area contributed by atoms with Crippen molar-refractivity contribution < 1.29 is 28.6 Å². The van der Waals surface area contributed by atoms with Crippen molar-refractivity contribution in [2.75, 3.05) is 19.8 Å². The summed E-state index contributed by atoms with van der Waals surface area (Å²) in [6.45, 7) is 8.32. The Kier molecular flexibility index (Phi) is 15.4. The molecule has 0 spiro atoms. The minimum Gasteiger partial charge on any atom is -0.466 e. The predicted octanol–water partition coefficient (Wildman–Crippen LogP) is 3.97. The maximum Gasteiger partial charge on any atom is 0.308 e. The molecule has 0 saturated carbocycles. The Morgan fingerprint density at radius 3 is 1.92 bits per heavy atom. The van der Waals surface area contributed by atoms with Crippen LogP contribution in [-0.4, -0.2) is 37.7 Å². The molecule has 0 aliphatic rings.